The van der Waals surface area contributed by atoms with Gasteiger partial charge in [0.2, 0.25) is 17.6 Å². The van der Waals surface area contributed by atoms with Gasteiger partial charge in [0.1, 0.15) is 6.04 Å². The molecule has 36 heavy (non-hydrogen) atoms. The lowest BCUT2D eigenvalue weighted by Gasteiger charge is -2.48. The van der Waals surface area contributed by atoms with E-state index in [2.05, 4.69) is 20.6 Å². The van der Waals surface area contributed by atoms with Crippen LogP contribution in [0.25, 0.3) is 0 Å². The van der Waals surface area contributed by atoms with Crippen LogP contribution < -0.4 is 22.1 Å². The highest BCUT2D eigenvalue weighted by Crippen LogP contribution is 2.46. The quantitative estimate of drug-likeness (QED) is 0.184. The Morgan fingerprint density at radius 2 is 1.97 bits per heavy atom. The zero-order chi connectivity index (χ0) is 25.8. The van der Waals surface area contributed by atoms with Crippen molar-refractivity contribution in [3.05, 3.63) is 35.4 Å². The number of carbonyl (C=O) groups is 3. The Morgan fingerprint density at radius 1 is 1.25 bits per heavy atom. The number of amides is 3. The third-order valence-corrected chi connectivity index (χ3v) is 7.04. The van der Waals surface area contributed by atoms with E-state index in [1.165, 1.54) is 4.90 Å². The number of nitrogens with two attached hydrogens (primary N) is 2. The first kappa shape index (κ1) is 23.8. The number of ether oxygens (including phenoxy) is 1. The molecule has 2 unspecified atom stereocenters. The van der Waals surface area contributed by atoms with Crippen LogP contribution in [0, 0.1) is 6.92 Å². The predicted molar refractivity (Wildman–Crippen MR) is 125 cm³/mol. The number of nitrogens with zero attached hydrogens (tertiary/aromatic N) is 4. The van der Waals surface area contributed by atoms with Gasteiger partial charge >= 0.3 is 6.09 Å². The third kappa shape index (κ3) is 3.60. The number of imide groups is 1. The highest BCUT2D eigenvalue weighted by atomic mass is 16.6. The molecule has 4 aliphatic rings. The van der Waals surface area contributed by atoms with Crippen LogP contribution >= 0.6 is 0 Å². The van der Waals surface area contributed by atoms with E-state index < -0.39 is 35.7 Å². The van der Waals surface area contributed by atoms with Crippen LogP contribution in [0.15, 0.2) is 34.3 Å². The van der Waals surface area contributed by atoms with E-state index in [9.17, 15) is 24.6 Å². The van der Waals surface area contributed by atoms with Crippen molar-refractivity contribution in [2.24, 2.45) is 21.5 Å². The van der Waals surface area contributed by atoms with Crippen molar-refractivity contribution in [2.45, 2.75) is 55.9 Å². The van der Waals surface area contributed by atoms with Crippen LogP contribution in [0.2, 0.25) is 0 Å². The topological polar surface area (TPSA) is 208 Å². The number of carbonyl (C=O) groups excluding carboxylic acids is 3. The largest absolute Gasteiger partial charge is 0.438 e. The molecule has 1 aromatic rings. The maximum absolute atomic E-state index is 12.6. The molecule has 1 aromatic carbocycles. The summed E-state index contributed by atoms with van der Waals surface area (Å²) in [4.78, 5) is 48.0. The van der Waals surface area contributed by atoms with Crippen molar-refractivity contribution < 1.29 is 29.3 Å². The van der Waals surface area contributed by atoms with Gasteiger partial charge in [0.05, 0.1) is 19.1 Å². The maximum Gasteiger partial charge on any atom is 0.407 e. The number of hydrogen-bond acceptors (Lipinski definition) is 12. The van der Waals surface area contributed by atoms with E-state index in [0.717, 1.165) is 16.0 Å². The molecule has 0 bridgehead atoms. The van der Waals surface area contributed by atoms with Crippen molar-refractivity contribution >= 4 is 29.8 Å². The van der Waals surface area contributed by atoms with Gasteiger partial charge in [-0.15, -0.1) is 0 Å². The van der Waals surface area contributed by atoms with Gasteiger partial charge in [0.15, 0.2) is 23.7 Å². The average molecular weight is 501 g/mol. The lowest BCUT2D eigenvalue weighted by atomic mass is 9.85. The summed E-state index contributed by atoms with van der Waals surface area (Å²) < 4.78 is 5.41. The van der Waals surface area contributed by atoms with E-state index in [1.54, 1.807) is 0 Å². The van der Waals surface area contributed by atoms with E-state index in [-0.39, 0.29) is 56.2 Å². The molecule has 2 saturated heterocycles. The van der Waals surface area contributed by atoms with E-state index in [0.29, 0.717) is 0 Å². The molecule has 4 atom stereocenters. The van der Waals surface area contributed by atoms with Crippen LogP contribution in [0.5, 0.6) is 0 Å². The molecule has 0 aromatic heterocycles. The standard InChI is InChI=1S/C22H28N8O6/c1-11-3-2-4-12(7-11)8-25-20(33)36-14-10-30-19(24)26-13(9-29-15(31)5-6-16(29)32)17-21(30,22(14,34)35)28-18(23)27-17/h2-4,7,13-14,17,34-35H,5-6,8-10H2,1H3,(H2,24,26)(H,25,33)(H3,23,27,28)/t13?,14?,17-,21-/m0/s1. The van der Waals surface area contributed by atoms with Gasteiger partial charge in [0.25, 0.3) is 0 Å². The molecule has 0 radical (unpaired) electrons. The molecular weight excluding hydrogens is 472 g/mol. The molecule has 14 nitrogen and oxygen atoms in total. The summed E-state index contributed by atoms with van der Waals surface area (Å²) in [5, 5.41) is 28.1. The molecule has 3 amide bonds. The molecule has 0 saturated carbocycles. The number of benzene rings is 1. The highest BCUT2D eigenvalue weighted by Gasteiger charge is 2.74. The second-order valence-corrected chi connectivity index (χ2v) is 9.38. The van der Waals surface area contributed by atoms with E-state index >= 15 is 0 Å². The summed E-state index contributed by atoms with van der Waals surface area (Å²) in [7, 11) is 0. The summed E-state index contributed by atoms with van der Waals surface area (Å²) in [5.74, 6) is -3.65. The van der Waals surface area contributed by atoms with Crippen molar-refractivity contribution in [2.75, 3.05) is 13.1 Å². The molecule has 1 spiro atoms. The van der Waals surface area contributed by atoms with Gasteiger partial charge in [-0.05, 0) is 12.5 Å². The molecule has 8 N–H and O–H groups in total. The Morgan fingerprint density at radius 3 is 2.67 bits per heavy atom. The van der Waals surface area contributed by atoms with E-state index in [1.807, 2.05) is 31.2 Å². The van der Waals surface area contributed by atoms with Crippen LogP contribution in [-0.2, 0) is 20.9 Å². The van der Waals surface area contributed by atoms with Gasteiger partial charge in [-0.1, -0.05) is 29.8 Å². The van der Waals surface area contributed by atoms with Gasteiger partial charge in [-0.25, -0.2) is 14.8 Å². The van der Waals surface area contributed by atoms with Crippen molar-refractivity contribution in [3.8, 4) is 0 Å². The van der Waals surface area contributed by atoms with Crippen molar-refractivity contribution in [1.82, 2.24) is 20.4 Å². The molecule has 2 fully saturated rings. The molecule has 0 aliphatic carbocycles. The minimum Gasteiger partial charge on any atom is -0.438 e. The average Bonchev–Trinajstić information content (AvgIpc) is 3.41. The van der Waals surface area contributed by atoms with Crippen LogP contribution in [0.3, 0.4) is 0 Å². The second-order valence-electron chi connectivity index (χ2n) is 9.38. The maximum atomic E-state index is 12.6. The third-order valence-electron chi connectivity index (χ3n) is 7.04. The molecule has 4 aliphatic heterocycles. The van der Waals surface area contributed by atoms with Crippen molar-refractivity contribution in [3.63, 3.8) is 0 Å². The fraction of sp³-hybridized carbons (Fsp3) is 0.500. The highest BCUT2D eigenvalue weighted by molar-refractivity contribution is 6.02. The second kappa shape index (κ2) is 8.34. The smallest absolute Gasteiger partial charge is 0.407 e. The van der Waals surface area contributed by atoms with Gasteiger partial charge in [-0.2, -0.15) is 0 Å². The predicted octanol–water partition coefficient (Wildman–Crippen LogP) is -2.58. The Hall–Kier alpha value is -3.91. The first-order chi connectivity index (χ1) is 17.0. The summed E-state index contributed by atoms with van der Waals surface area (Å²) >= 11 is 0. The Labute approximate surface area is 206 Å². The zero-order valence-electron chi connectivity index (χ0n) is 19.5. The van der Waals surface area contributed by atoms with Crippen molar-refractivity contribution in [1.29, 1.82) is 0 Å². The lowest BCUT2D eigenvalue weighted by Crippen LogP contribution is -2.77. The minimum atomic E-state index is -2.72. The number of hydrogen-bond donors (Lipinski definition) is 6. The number of nitrogens with one attached hydrogen (secondary N) is 2. The number of guanidine groups is 2. The minimum absolute atomic E-state index is 0.0911. The Kier molecular flexibility index (Phi) is 5.52. The lowest BCUT2D eigenvalue weighted by molar-refractivity contribution is -0.256. The number of aliphatic imine (C=N–C) groups is 2. The van der Waals surface area contributed by atoms with Crippen LogP contribution in [-0.4, -0.2) is 92.6 Å². The number of aliphatic hydroxyl groups is 2. The Bertz CT molecular complexity index is 1170. The fourth-order valence-electron chi connectivity index (χ4n) is 5.35. The first-order valence-corrected chi connectivity index (χ1v) is 11.5. The SMILES string of the molecule is Cc1cccc(CNC(=O)OC2CN3C(N)=NC(CN4C(=O)CCC4=O)[C@@H]4N=C(N)N[C@@]43C2(O)O)c1. The number of likely N-dealkylation sites (tertiary alicyclic amines) is 1. The number of rotatable bonds is 5. The monoisotopic (exact) mass is 500 g/mol. The fourth-order valence-corrected chi connectivity index (χ4v) is 5.35. The molecule has 192 valence electrons. The Balaban J connectivity index is 1.36. The van der Waals surface area contributed by atoms with Gasteiger partial charge in [0, 0.05) is 19.4 Å². The molecule has 5 rings (SSSR count). The summed E-state index contributed by atoms with van der Waals surface area (Å²) in [5.41, 5.74) is 12.2. The van der Waals surface area contributed by atoms with Gasteiger partial charge < -0.3 is 42.0 Å². The van der Waals surface area contributed by atoms with Crippen LogP contribution in [0.4, 0.5) is 4.79 Å². The molecular formula is C22H28N8O6. The van der Waals surface area contributed by atoms with Gasteiger partial charge in [-0.3, -0.25) is 14.5 Å². The summed E-state index contributed by atoms with van der Waals surface area (Å²) in [6.45, 7) is 1.72. The molecule has 4 heterocycles. The van der Waals surface area contributed by atoms with E-state index in [4.69, 9.17) is 16.2 Å². The van der Waals surface area contributed by atoms with Crippen LogP contribution in [0.1, 0.15) is 24.0 Å². The normalized spacial score (nSPS) is 30.4. The summed E-state index contributed by atoms with van der Waals surface area (Å²) in [6, 6.07) is 5.56. The first-order valence-electron chi connectivity index (χ1n) is 11.5. The number of alkyl carbamates (subject to hydrolysis) is 1. The summed E-state index contributed by atoms with van der Waals surface area (Å²) in [6.07, 6.45) is -2.15. The molecule has 14 heteroatoms. The number of aryl methyl sites for hydroxylation is 1. The zero-order valence-corrected chi connectivity index (χ0v) is 19.5.